The summed E-state index contributed by atoms with van der Waals surface area (Å²) in [5.74, 6) is 1.06. The molecule has 1 aliphatic rings. The summed E-state index contributed by atoms with van der Waals surface area (Å²) in [6, 6.07) is 0.479. The van der Waals surface area contributed by atoms with Gasteiger partial charge in [-0.3, -0.25) is 4.79 Å². The fourth-order valence-corrected chi connectivity index (χ4v) is 2.11. The molecular formula is C11H22N2O. The lowest BCUT2D eigenvalue weighted by atomic mass is 9.87. The first-order valence-electron chi connectivity index (χ1n) is 5.55. The van der Waals surface area contributed by atoms with Crippen molar-refractivity contribution < 1.29 is 4.79 Å². The highest BCUT2D eigenvalue weighted by Crippen LogP contribution is 2.26. The standard InChI is InChI=1S/C11H22N2O/c1-9-4-6-10(7-5-9)13(3)11(14)8-12-2/h9-10,12H,4-8H2,1-3H3. The zero-order valence-electron chi connectivity index (χ0n) is 9.55. The van der Waals surface area contributed by atoms with Crippen LogP contribution in [0.2, 0.25) is 0 Å². The van der Waals surface area contributed by atoms with Gasteiger partial charge in [0.1, 0.15) is 0 Å². The van der Waals surface area contributed by atoms with Crippen molar-refractivity contribution in [3.63, 3.8) is 0 Å². The molecule has 1 rings (SSSR count). The number of nitrogens with zero attached hydrogens (tertiary/aromatic N) is 1. The monoisotopic (exact) mass is 198 g/mol. The van der Waals surface area contributed by atoms with E-state index in [4.69, 9.17) is 0 Å². The van der Waals surface area contributed by atoms with E-state index in [1.54, 1.807) is 0 Å². The fraction of sp³-hybridized carbons (Fsp3) is 0.909. The highest BCUT2D eigenvalue weighted by atomic mass is 16.2. The molecule has 0 atom stereocenters. The number of amides is 1. The van der Waals surface area contributed by atoms with E-state index in [0.29, 0.717) is 12.6 Å². The molecule has 0 aliphatic heterocycles. The van der Waals surface area contributed by atoms with Gasteiger partial charge in [0.15, 0.2) is 0 Å². The van der Waals surface area contributed by atoms with Crippen LogP contribution in [0.3, 0.4) is 0 Å². The molecular weight excluding hydrogens is 176 g/mol. The summed E-state index contributed by atoms with van der Waals surface area (Å²) < 4.78 is 0. The van der Waals surface area contributed by atoms with Crippen LogP contribution in [0.4, 0.5) is 0 Å². The zero-order chi connectivity index (χ0) is 10.6. The largest absolute Gasteiger partial charge is 0.342 e. The third kappa shape index (κ3) is 2.98. The summed E-state index contributed by atoms with van der Waals surface area (Å²) in [5.41, 5.74) is 0. The van der Waals surface area contributed by atoms with Crippen molar-refractivity contribution in [2.45, 2.75) is 38.6 Å². The van der Waals surface area contributed by atoms with Crippen molar-refractivity contribution in [2.75, 3.05) is 20.6 Å². The first-order chi connectivity index (χ1) is 6.65. The molecule has 0 unspecified atom stereocenters. The van der Waals surface area contributed by atoms with E-state index in [9.17, 15) is 4.79 Å². The maximum absolute atomic E-state index is 11.6. The molecule has 1 saturated carbocycles. The summed E-state index contributed by atoms with van der Waals surface area (Å²) in [4.78, 5) is 13.5. The Bertz CT molecular complexity index is 186. The van der Waals surface area contributed by atoms with E-state index in [1.807, 2.05) is 19.0 Å². The Balaban J connectivity index is 2.37. The highest BCUT2D eigenvalue weighted by Gasteiger charge is 2.23. The summed E-state index contributed by atoms with van der Waals surface area (Å²) >= 11 is 0. The molecule has 0 heterocycles. The van der Waals surface area contributed by atoms with Crippen molar-refractivity contribution >= 4 is 5.91 Å². The van der Waals surface area contributed by atoms with Crippen molar-refractivity contribution in [1.82, 2.24) is 10.2 Å². The molecule has 3 nitrogen and oxygen atoms in total. The number of carbonyl (C=O) groups is 1. The molecule has 1 aliphatic carbocycles. The molecule has 1 amide bonds. The molecule has 14 heavy (non-hydrogen) atoms. The summed E-state index contributed by atoms with van der Waals surface area (Å²) in [5, 5.41) is 2.91. The van der Waals surface area contributed by atoms with Crippen LogP contribution in [0.15, 0.2) is 0 Å². The minimum atomic E-state index is 0.215. The van der Waals surface area contributed by atoms with Gasteiger partial charge >= 0.3 is 0 Å². The Morgan fingerprint density at radius 1 is 1.36 bits per heavy atom. The Morgan fingerprint density at radius 2 is 1.93 bits per heavy atom. The van der Waals surface area contributed by atoms with Gasteiger partial charge in [-0.05, 0) is 38.6 Å². The molecule has 0 aromatic carbocycles. The smallest absolute Gasteiger partial charge is 0.236 e. The second-order valence-electron chi connectivity index (χ2n) is 4.45. The van der Waals surface area contributed by atoms with Crippen LogP contribution < -0.4 is 5.32 Å². The Morgan fingerprint density at radius 3 is 2.43 bits per heavy atom. The molecule has 3 heteroatoms. The quantitative estimate of drug-likeness (QED) is 0.740. The van der Waals surface area contributed by atoms with Crippen LogP contribution in [0.5, 0.6) is 0 Å². The molecule has 0 radical (unpaired) electrons. The maximum Gasteiger partial charge on any atom is 0.236 e. The number of likely N-dealkylation sites (N-methyl/N-ethyl adjacent to an activating group) is 2. The summed E-state index contributed by atoms with van der Waals surface area (Å²) in [6.07, 6.45) is 4.88. The Kier molecular flexibility index (Phi) is 4.39. The third-order valence-corrected chi connectivity index (χ3v) is 3.25. The van der Waals surface area contributed by atoms with Crippen LogP contribution in [0.25, 0.3) is 0 Å². The van der Waals surface area contributed by atoms with Crippen molar-refractivity contribution in [2.24, 2.45) is 5.92 Å². The molecule has 0 spiro atoms. The van der Waals surface area contributed by atoms with Crippen molar-refractivity contribution in [3.05, 3.63) is 0 Å². The van der Waals surface area contributed by atoms with Gasteiger partial charge in [-0.2, -0.15) is 0 Å². The van der Waals surface area contributed by atoms with E-state index < -0.39 is 0 Å². The predicted molar refractivity (Wildman–Crippen MR) is 58.1 cm³/mol. The first-order valence-corrected chi connectivity index (χ1v) is 5.55. The number of hydrogen-bond donors (Lipinski definition) is 1. The van der Waals surface area contributed by atoms with Crippen molar-refractivity contribution in [1.29, 1.82) is 0 Å². The average molecular weight is 198 g/mol. The lowest BCUT2D eigenvalue weighted by molar-refractivity contribution is -0.131. The fourth-order valence-electron chi connectivity index (χ4n) is 2.11. The minimum absolute atomic E-state index is 0.215. The van der Waals surface area contributed by atoms with E-state index >= 15 is 0 Å². The van der Waals surface area contributed by atoms with Gasteiger partial charge < -0.3 is 10.2 Å². The van der Waals surface area contributed by atoms with Gasteiger partial charge in [0.2, 0.25) is 5.91 Å². The number of hydrogen-bond acceptors (Lipinski definition) is 2. The third-order valence-electron chi connectivity index (χ3n) is 3.25. The molecule has 0 bridgehead atoms. The van der Waals surface area contributed by atoms with Gasteiger partial charge in [-0.1, -0.05) is 6.92 Å². The van der Waals surface area contributed by atoms with Gasteiger partial charge in [0, 0.05) is 13.1 Å². The van der Waals surface area contributed by atoms with E-state index in [2.05, 4.69) is 12.2 Å². The van der Waals surface area contributed by atoms with Gasteiger partial charge in [0.05, 0.1) is 6.54 Å². The zero-order valence-corrected chi connectivity index (χ0v) is 9.55. The van der Waals surface area contributed by atoms with Crippen LogP contribution >= 0.6 is 0 Å². The Hall–Kier alpha value is -0.570. The molecule has 1 fully saturated rings. The van der Waals surface area contributed by atoms with Gasteiger partial charge in [-0.15, -0.1) is 0 Å². The van der Waals surface area contributed by atoms with E-state index in [-0.39, 0.29) is 5.91 Å². The van der Waals surface area contributed by atoms with Crippen LogP contribution in [-0.4, -0.2) is 37.5 Å². The second-order valence-corrected chi connectivity index (χ2v) is 4.45. The molecule has 0 aromatic rings. The van der Waals surface area contributed by atoms with Gasteiger partial charge in [-0.25, -0.2) is 0 Å². The highest BCUT2D eigenvalue weighted by molar-refractivity contribution is 5.78. The molecule has 0 aromatic heterocycles. The van der Waals surface area contributed by atoms with Gasteiger partial charge in [0.25, 0.3) is 0 Å². The number of rotatable bonds is 3. The lowest BCUT2D eigenvalue weighted by Gasteiger charge is -2.33. The summed E-state index contributed by atoms with van der Waals surface area (Å²) in [7, 11) is 3.75. The van der Waals surface area contributed by atoms with Crippen LogP contribution in [0.1, 0.15) is 32.6 Å². The van der Waals surface area contributed by atoms with Crippen LogP contribution in [-0.2, 0) is 4.79 Å². The minimum Gasteiger partial charge on any atom is -0.342 e. The number of nitrogens with one attached hydrogen (secondary N) is 1. The maximum atomic E-state index is 11.6. The molecule has 1 N–H and O–H groups in total. The van der Waals surface area contributed by atoms with E-state index in [1.165, 1.54) is 25.7 Å². The normalized spacial score (nSPS) is 27.4. The number of carbonyl (C=O) groups excluding carboxylic acids is 1. The Labute approximate surface area is 86.9 Å². The van der Waals surface area contributed by atoms with E-state index in [0.717, 1.165) is 5.92 Å². The van der Waals surface area contributed by atoms with Crippen LogP contribution in [0, 0.1) is 5.92 Å². The average Bonchev–Trinajstić information content (AvgIpc) is 2.18. The topological polar surface area (TPSA) is 32.3 Å². The lowest BCUT2D eigenvalue weighted by Crippen LogP contribution is -2.42. The first kappa shape index (κ1) is 11.5. The molecule has 0 saturated heterocycles. The molecule has 82 valence electrons. The second kappa shape index (κ2) is 5.35. The van der Waals surface area contributed by atoms with Crippen molar-refractivity contribution in [3.8, 4) is 0 Å². The predicted octanol–water partition coefficient (Wildman–Crippen LogP) is 1.24. The SMILES string of the molecule is CNCC(=O)N(C)C1CCC(C)CC1. The summed E-state index contributed by atoms with van der Waals surface area (Å²) in [6.45, 7) is 2.76.